The first-order valence-electron chi connectivity index (χ1n) is 6.27. The number of anilines is 1. The molecule has 0 aliphatic carbocycles. The van der Waals surface area contributed by atoms with E-state index < -0.39 is 0 Å². The van der Waals surface area contributed by atoms with E-state index in [9.17, 15) is 4.79 Å². The summed E-state index contributed by atoms with van der Waals surface area (Å²) in [6.45, 7) is 4.77. The van der Waals surface area contributed by atoms with Gasteiger partial charge in [0.2, 0.25) is 0 Å². The number of aryl methyl sites for hydroxylation is 1. The summed E-state index contributed by atoms with van der Waals surface area (Å²) in [5.74, 6) is -0.118. The molecule has 2 aromatic heterocycles. The van der Waals surface area contributed by atoms with Gasteiger partial charge in [-0.25, -0.2) is 4.98 Å². The van der Waals surface area contributed by atoms with Gasteiger partial charge in [-0.2, -0.15) is 0 Å². The number of amides is 1. The fourth-order valence-electron chi connectivity index (χ4n) is 1.93. The second kappa shape index (κ2) is 5.88. The van der Waals surface area contributed by atoms with Crippen molar-refractivity contribution in [2.24, 2.45) is 0 Å². The molecule has 1 unspecified atom stereocenters. The molecular formula is C13H18N4OS. The topological polar surface area (TPSA) is 72.9 Å². The lowest BCUT2D eigenvalue weighted by atomic mass is 10.3. The molecule has 1 amide bonds. The Balaban J connectivity index is 2.11. The Hall–Kier alpha value is -1.82. The Morgan fingerprint density at radius 2 is 2.42 bits per heavy atom. The maximum atomic E-state index is 12.2. The van der Waals surface area contributed by atoms with Crippen LogP contribution in [0.1, 0.15) is 41.8 Å². The van der Waals surface area contributed by atoms with Crippen LogP contribution in [0.4, 0.5) is 5.69 Å². The van der Waals surface area contributed by atoms with Crippen molar-refractivity contribution in [3.05, 3.63) is 34.5 Å². The van der Waals surface area contributed by atoms with Crippen molar-refractivity contribution in [2.75, 3.05) is 5.73 Å². The van der Waals surface area contributed by atoms with Crippen molar-refractivity contribution in [2.45, 2.75) is 32.9 Å². The normalized spacial score (nSPS) is 12.3. The molecule has 6 heteroatoms. The van der Waals surface area contributed by atoms with Gasteiger partial charge >= 0.3 is 0 Å². The van der Waals surface area contributed by atoms with Gasteiger partial charge in [0.05, 0.1) is 11.7 Å². The Labute approximate surface area is 116 Å². The van der Waals surface area contributed by atoms with Crippen LogP contribution in [0, 0.1) is 0 Å². The first-order valence-corrected chi connectivity index (χ1v) is 7.15. The predicted molar refractivity (Wildman–Crippen MR) is 77.1 cm³/mol. The number of carbonyl (C=O) groups excluding carboxylic acids is 1. The number of hydrogen-bond donors (Lipinski definition) is 2. The van der Waals surface area contributed by atoms with E-state index >= 15 is 0 Å². The Morgan fingerprint density at radius 3 is 3.05 bits per heavy atom. The molecule has 3 N–H and O–H groups in total. The number of carbonyl (C=O) groups is 1. The van der Waals surface area contributed by atoms with Crippen LogP contribution in [0.15, 0.2) is 23.8 Å². The number of nitrogens with one attached hydrogen (secondary N) is 1. The summed E-state index contributed by atoms with van der Waals surface area (Å²) in [7, 11) is 0. The quantitative estimate of drug-likeness (QED) is 0.882. The molecule has 0 aromatic carbocycles. The Morgan fingerprint density at radius 1 is 1.63 bits per heavy atom. The highest BCUT2D eigenvalue weighted by Gasteiger charge is 2.16. The average molecular weight is 278 g/mol. The molecule has 0 saturated carbocycles. The molecule has 0 fully saturated rings. The number of thiazole rings is 1. The van der Waals surface area contributed by atoms with Gasteiger partial charge in [0.15, 0.2) is 0 Å². The molecule has 2 heterocycles. The third-order valence-electron chi connectivity index (χ3n) is 2.78. The Bertz CT molecular complexity index is 547. The SMILES string of the molecule is CCCn1cc(N)cc1C(=O)NC(C)c1nccs1. The number of nitrogens with two attached hydrogens (primary N) is 1. The van der Waals surface area contributed by atoms with Crippen LogP contribution >= 0.6 is 11.3 Å². The minimum Gasteiger partial charge on any atom is -0.397 e. The maximum Gasteiger partial charge on any atom is 0.268 e. The lowest BCUT2D eigenvalue weighted by Gasteiger charge is -2.12. The van der Waals surface area contributed by atoms with E-state index in [1.54, 1.807) is 18.5 Å². The first-order chi connectivity index (χ1) is 9.11. The zero-order valence-corrected chi connectivity index (χ0v) is 11.9. The summed E-state index contributed by atoms with van der Waals surface area (Å²) in [4.78, 5) is 16.4. The minimum absolute atomic E-state index is 0.0984. The molecule has 2 rings (SSSR count). The molecule has 2 aromatic rings. The summed E-state index contributed by atoms with van der Waals surface area (Å²) in [5.41, 5.74) is 6.97. The van der Waals surface area contributed by atoms with Gasteiger partial charge in [-0.3, -0.25) is 4.79 Å². The highest BCUT2D eigenvalue weighted by Crippen LogP contribution is 2.17. The third kappa shape index (κ3) is 3.14. The minimum atomic E-state index is -0.118. The average Bonchev–Trinajstić information content (AvgIpc) is 2.99. The molecule has 0 radical (unpaired) electrons. The number of nitrogens with zero attached hydrogens (tertiary/aromatic N) is 2. The summed E-state index contributed by atoms with van der Waals surface area (Å²) >= 11 is 1.53. The van der Waals surface area contributed by atoms with Crippen LogP contribution in [-0.2, 0) is 6.54 Å². The van der Waals surface area contributed by atoms with Crippen LogP contribution in [0.3, 0.4) is 0 Å². The van der Waals surface area contributed by atoms with Crippen LogP contribution in [0.5, 0.6) is 0 Å². The Kier molecular flexibility index (Phi) is 4.21. The van der Waals surface area contributed by atoms with Crippen molar-refractivity contribution in [1.82, 2.24) is 14.9 Å². The molecule has 0 aliphatic rings. The van der Waals surface area contributed by atoms with Gasteiger partial charge in [0, 0.05) is 24.3 Å². The molecule has 1 atom stereocenters. The fourth-order valence-corrected chi connectivity index (χ4v) is 2.58. The zero-order valence-electron chi connectivity index (χ0n) is 11.1. The summed E-state index contributed by atoms with van der Waals surface area (Å²) in [6, 6.07) is 1.61. The van der Waals surface area contributed by atoms with Crippen molar-refractivity contribution in [1.29, 1.82) is 0 Å². The van der Waals surface area contributed by atoms with E-state index in [0.717, 1.165) is 18.0 Å². The van der Waals surface area contributed by atoms with Crippen LogP contribution in [-0.4, -0.2) is 15.5 Å². The maximum absolute atomic E-state index is 12.2. The van der Waals surface area contributed by atoms with E-state index in [1.807, 2.05) is 16.9 Å². The highest BCUT2D eigenvalue weighted by atomic mass is 32.1. The third-order valence-corrected chi connectivity index (χ3v) is 3.74. The van der Waals surface area contributed by atoms with Crippen molar-refractivity contribution >= 4 is 22.9 Å². The van der Waals surface area contributed by atoms with E-state index in [4.69, 9.17) is 5.73 Å². The summed E-state index contributed by atoms with van der Waals surface area (Å²) in [6.07, 6.45) is 4.49. The van der Waals surface area contributed by atoms with E-state index in [-0.39, 0.29) is 11.9 Å². The summed E-state index contributed by atoms with van der Waals surface area (Å²) in [5, 5.41) is 5.74. The molecular weight excluding hydrogens is 260 g/mol. The molecule has 5 nitrogen and oxygen atoms in total. The van der Waals surface area contributed by atoms with E-state index in [1.165, 1.54) is 11.3 Å². The molecule has 0 bridgehead atoms. The number of rotatable bonds is 5. The predicted octanol–water partition coefficient (Wildman–Crippen LogP) is 2.43. The first kappa shape index (κ1) is 13.6. The van der Waals surface area contributed by atoms with Crippen molar-refractivity contribution < 1.29 is 4.79 Å². The fraction of sp³-hybridized carbons (Fsp3) is 0.385. The van der Waals surface area contributed by atoms with Gasteiger partial charge < -0.3 is 15.6 Å². The standard InChI is InChI=1S/C13H18N4OS/c1-3-5-17-8-10(14)7-11(17)12(18)16-9(2)13-15-4-6-19-13/h4,6-9H,3,5,14H2,1-2H3,(H,16,18). The molecule has 19 heavy (non-hydrogen) atoms. The van der Waals surface area contributed by atoms with Gasteiger partial charge in [0.25, 0.3) is 5.91 Å². The van der Waals surface area contributed by atoms with Crippen molar-refractivity contribution in [3.8, 4) is 0 Å². The van der Waals surface area contributed by atoms with Crippen LogP contribution in [0.2, 0.25) is 0 Å². The molecule has 0 saturated heterocycles. The zero-order chi connectivity index (χ0) is 13.8. The van der Waals surface area contributed by atoms with E-state index in [2.05, 4.69) is 17.2 Å². The van der Waals surface area contributed by atoms with Crippen molar-refractivity contribution in [3.63, 3.8) is 0 Å². The second-order valence-electron chi connectivity index (χ2n) is 4.42. The second-order valence-corrected chi connectivity index (χ2v) is 5.34. The molecule has 102 valence electrons. The lowest BCUT2D eigenvalue weighted by molar-refractivity contribution is 0.0930. The highest BCUT2D eigenvalue weighted by molar-refractivity contribution is 7.09. The van der Waals surface area contributed by atoms with Gasteiger partial charge in [-0.1, -0.05) is 6.92 Å². The summed E-state index contributed by atoms with van der Waals surface area (Å²) < 4.78 is 1.89. The van der Waals surface area contributed by atoms with E-state index in [0.29, 0.717) is 11.4 Å². The number of aromatic nitrogens is 2. The monoisotopic (exact) mass is 278 g/mol. The smallest absolute Gasteiger partial charge is 0.268 e. The molecule has 0 aliphatic heterocycles. The number of hydrogen-bond acceptors (Lipinski definition) is 4. The lowest BCUT2D eigenvalue weighted by Crippen LogP contribution is -2.28. The van der Waals surface area contributed by atoms with Crippen LogP contribution in [0.25, 0.3) is 0 Å². The van der Waals surface area contributed by atoms with Gasteiger partial charge in [0.1, 0.15) is 10.7 Å². The molecule has 0 spiro atoms. The van der Waals surface area contributed by atoms with Gasteiger partial charge in [-0.05, 0) is 19.4 Å². The van der Waals surface area contributed by atoms with Gasteiger partial charge in [-0.15, -0.1) is 11.3 Å². The number of nitrogen functional groups attached to an aromatic ring is 1. The largest absolute Gasteiger partial charge is 0.397 e. The van der Waals surface area contributed by atoms with Crippen LogP contribution < -0.4 is 11.1 Å².